The number of nitrogens with one attached hydrogen (secondary N) is 1. The van der Waals surface area contributed by atoms with Gasteiger partial charge in [0, 0.05) is 6.04 Å². The molecule has 0 aliphatic heterocycles. The summed E-state index contributed by atoms with van der Waals surface area (Å²) in [5, 5.41) is 3.55. The van der Waals surface area contributed by atoms with Gasteiger partial charge < -0.3 is 5.32 Å². The van der Waals surface area contributed by atoms with Crippen molar-refractivity contribution in [3.63, 3.8) is 0 Å². The van der Waals surface area contributed by atoms with Crippen LogP contribution in [0.2, 0.25) is 0 Å². The average Bonchev–Trinajstić information content (AvgIpc) is 2.56. The first-order chi connectivity index (χ1) is 10.3. The van der Waals surface area contributed by atoms with Crippen molar-refractivity contribution in [2.24, 2.45) is 5.92 Å². The lowest BCUT2D eigenvalue weighted by molar-refractivity contribution is 0.317. The fourth-order valence-electron chi connectivity index (χ4n) is 3.89. The van der Waals surface area contributed by atoms with Crippen LogP contribution >= 0.6 is 0 Å². The highest BCUT2D eigenvalue weighted by Gasteiger charge is 2.17. The summed E-state index contributed by atoms with van der Waals surface area (Å²) in [4.78, 5) is 0. The number of aryl methyl sites for hydroxylation is 2. The molecule has 0 heterocycles. The molecule has 1 saturated carbocycles. The van der Waals surface area contributed by atoms with Crippen molar-refractivity contribution in [2.45, 2.75) is 77.7 Å². The summed E-state index contributed by atoms with van der Waals surface area (Å²) in [6.45, 7) is 4.53. The van der Waals surface area contributed by atoms with E-state index in [9.17, 15) is 0 Å². The van der Waals surface area contributed by atoms with E-state index in [0.717, 1.165) is 18.8 Å². The maximum atomic E-state index is 3.55. The van der Waals surface area contributed by atoms with Gasteiger partial charge in [0.15, 0.2) is 0 Å². The smallest absolute Gasteiger partial charge is 0.0317 e. The van der Waals surface area contributed by atoms with Crippen molar-refractivity contribution in [3.05, 3.63) is 34.9 Å². The summed E-state index contributed by atoms with van der Waals surface area (Å²) in [5.74, 6) is 0.982. The van der Waals surface area contributed by atoms with Gasteiger partial charge in [0.05, 0.1) is 0 Å². The normalized spacial score (nSPS) is 17.9. The van der Waals surface area contributed by atoms with Gasteiger partial charge in [0.1, 0.15) is 0 Å². The summed E-state index contributed by atoms with van der Waals surface area (Å²) in [5.41, 5.74) is 4.54. The van der Waals surface area contributed by atoms with Gasteiger partial charge in [-0.15, -0.1) is 0 Å². The van der Waals surface area contributed by atoms with E-state index in [1.807, 2.05) is 0 Å². The van der Waals surface area contributed by atoms with Crippen molar-refractivity contribution in [1.29, 1.82) is 0 Å². The standard InChI is InChI=1S/C20H33N/c1-4-17-12-13-19(15-18(17)5-2)20(21-3)14-11-16-9-7-6-8-10-16/h12-13,15-16,20-21H,4-11,14H2,1-3H3. The topological polar surface area (TPSA) is 12.0 Å². The second kappa shape index (κ2) is 8.58. The number of rotatable bonds is 7. The summed E-state index contributed by atoms with van der Waals surface area (Å²) in [6, 6.07) is 7.67. The molecule has 1 unspecified atom stereocenters. The lowest BCUT2D eigenvalue weighted by atomic mass is 9.84. The van der Waals surface area contributed by atoms with Crippen LogP contribution in [0.5, 0.6) is 0 Å². The lowest BCUT2D eigenvalue weighted by Crippen LogP contribution is -2.18. The zero-order valence-electron chi connectivity index (χ0n) is 14.3. The third-order valence-corrected chi connectivity index (χ3v) is 5.33. The Kier molecular flexibility index (Phi) is 6.76. The summed E-state index contributed by atoms with van der Waals surface area (Å²) in [6.07, 6.45) is 12.3. The Hall–Kier alpha value is -0.820. The molecule has 0 saturated heterocycles. The predicted molar refractivity (Wildman–Crippen MR) is 92.8 cm³/mol. The Morgan fingerprint density at radius 2 is 1.76 bits per heavy atom. The van der Waals surface area contributed by atoms with Gasteiger partial charge in [-0.25, -0.2) is 0 Å². The Labute approximate surface area is 131 Å². The fourth-order valence-corrected chi connectivity index (χ4v) is 3.89. The molecule has 1 aromatic carbocycles. The quantitative estimate of drug-likeness (QED) is 0.705. The van der Waals surface area contributed by atoms with E-state index in [2.05, 4.69) is 44.4 Å². The summed E-state index contributed by atoms with van der Waals surface area (Å²) >= 11 is 0. The van der Waals surface area contributed by atoms with E-state index < -0.39 is 0 Å². The largest absolute Gasteiger partial charge is 0.313 e. The molecule has 0 bridgehead atoms. The van der Waals surface area contributed by atoms with Crippen LogP contribution in [0.4, 0.5) is 0 Å². The Bertz CT molecular complexity index is 418. The van der Waals surface area contributed by atoms with Crippen molar-refractivity contribution in [2.75, 3.05) is 7.05 Å². The second-order valence-electron chi connectivity index (χ2n) is 6.66. The molecule has 1 aliphatic rings. The zero-order valence-corrected chi connectivity index (χ0v) is 14.3. The van der Waals surface area contributed by atoms with Crippen molar-refractivity contribution >= 4 is 0 Å². The van der Waals surface area contributed by atoms with Crippen molar-refractivity contribution in [3.8, 4) is 0 Å². The zero-order chi connectivity index (χ0) is 15.1. The molecule has 118 valence electrons. The molecular formula is C20H33N. The van der Waals surface area contributed by atoms with Crippen LogP contribution in [0.1, 0.15) is 81.5 Å². The second-order valence-corrected chi connectivity index (χ2v) is 6.66. The molecule has 1 atom stereocenters. The van der Waals surface area contributed by atoms with E-state index in [1.54, 1.807) is 0 Å². The van der Waals surface area contributed by atoms with Crippen LogP contribution < -0.4 is 5.32 Å². The van der Waals surface area contributed by atoms with Gasteiger partial charge in [0.25, 0.3) is 0 Å². The van der Waals surface area contributed by atoms with Crippen LogP contribution in [0.3, 0.4) is 0 Å². The molecule has 0 amide bonds. The van der Waals surface area contributed by atoms with Gasteiger partial charge in [-0.1, -0.05) is 64.2 Å². The first-order valence-electron chi connectivity index (χ1n) is 9.07. The molecular weight excluding hydrogens is 254 g/mol. The molecule has 1 nitrogen and oxygen atoms in total. The number of benzene rings is 1. The SMILES string of the molecule is CCc1ccc(C(CCC2CCCCC2)NC)cc1CC. The summed E-state index contributed by atoms with van der Waals surface area (Å²) in [7, 11) is 2.12. The van der Waals surface area contributed by atoms with Gasteiger partial charge in [-0.2, -0.15) is 0 Å². The first kappa shape index (κ1) is 16.5. The molecule has 1 aromatic rings. The van der Waals surface area contributed by atoms with E-state index in [4.69, 9.17) is 0 Å². The Balaban J connectivity index is 1.99. The molecule has 1 fully saturated rings. The minimum Gasteiger partial charge on any atom is -0.313 e. The monoisotopic (exact) mass is 287 g/mol. The molecule has 1 heteroatoms. The predicted octanol–water partition coefficient (Wildman–Crippen LogP) is 5.43. The van der Waals surface area contributed by atoms with E-state index in [1.165, 1.54) is 61.6 Å². The van der Waals surface area contributed by atoms with Gasteiger partial charge in [-0.3, -0.25) is 0 Å². The van der Waals surface area contributed by atoms with Crippen LogP contribution in [0.25, 0.3) is 0 Å². The third kappa shape index (κ3) is 4.57. The molecule has 0 spiro atoms. The Morgan fingerprint density at radius 1 is 1.05 bits per heavy atom. The molecule has 21 heavy (non-hydrogen) atoms. The van der Waals surface area contributed by atoms with E-state index in [0.29, 0.717) is 6.04 Å². The fraction of sp³-hybridized carbons (Fsp3) is 0.700. The van der Waals surface area contributed by atoms with Crippen LogP contribution in [0.15, 0.2) is 18.2 Å². The Morgan fingerprint density at radius 3 is 2.38 bits per heavy atom. The number of hydrogen-bond acceptors (Lipinski definition) is 1. The molecule has 1 N–H and O–H groups in total. The lowest BCUT2D eigenvalue weighted by Gasteiger charge is -2.25. The maximum Gasteiger partial charge on any atom is 0.0317 e. The minimum absolute atomic E-state index is 0.531. The molecule has 0 radical (unpaired) electrons. The van der Waals surface area contributed by atoms with Crippen molar-refractivity contribution in [1.82, 2.24) is 5.32 Å². The molecule has 2 rings (SSSR count). The highest BCUT2D eigenvalue weighted by Crippen LogP contribution is 2.30. The maximum absolute atomic E-state index is 3.55. The van der Waals surface area contributed by atoms with E-state index in [-0.39, 0.29) is 0 Å². The number of hydrogen-bond donors (Lipinski definition) is 1. The van der Waals surface area contributed by atoms with Crippen molar-refractivity contribution < 1.29 is 0 Å². The first-order valence-corrected chi connectivity index (χ1v) is 9.07. The molecule has 1 aliphatic carbocycles. The highest BCUT2D eigenvalue weighted by atomic mass is 14.9. The van der Waals surface area contributed by atoms with Gasteiger partial charge in [-0.05, 0) is 55.3 Å². The summed E-state index contributed by atoms with van der Waals surface area (Å²) < 4.78 is 0. The van der Waals surface area contributed by atoms with Gasteiger partial charge in [0.2, 0.25) is 0 Å². The van der Waals surface area contributed by atoms with Crippen LogP contribution in [-0.4, -0.2) is 7.05 Å². The minimum atomic E-state index is 0.531. The molecule has 0 aromatic heterocycles. The highest BCUT2D eigenvalue weighted by molar-refractivity contribution is 5.33. The van der Waals surface area contributed by atoms with E-state index >= 15 is 0 Å². The average molecular weight is 287 g/mol. The van der Waals surface area contributed by atoms with Gasteiger partial charge >= 0.3 is 0 Å². The van der Waals surface area contributed by atoms with Crippen LogP contribution in [0, 0.1) is 5.92 Å². The third-order valence-electron chi connectivity index (χ3n) is 5.33. The van der Waals surface area contributed by atoms with Crippen LogP contribution in [-0.2, 0) is 12.8 Å².